The average molecular weight is 274 g/mol. The van der Waals surface area contributed by atoms with Gasteiger partial charge in [0.2, 0.25) is 0 Å². The van der Waals surface area contributed by atoms with Crippen LogP contribution in [0.1, 0.15) is 31.7 Å². The van der Waals surface area contributed by atoms with E-state index in [1.54, 1.807) is 7.11 Å². The minimum Gasteiger partial charge on any atom is -0.497 e. The van der Waals surface area contributed by atoms with E-state index in [0.717, 1.165) is 30.8 Å². The van der Waals surface area contributed by atoms with Gasteiger partial charge in [-0.1, -0.05) is 19.1 Å². The van der Waals surface area contributed by atoms with E-state index in [9.17, 15) is 0 Å². The molecule has 2 unspecified atom stereocenters. The molecule has 0 aromatic heterocycles. The topological polar surface area (TPSA) is 24.5 Å². The Labute approximate surface area is 122 Å². The Kier molecular flexibility index (Phi) is 4.27. The third-order valence-electron chi connectivity index (χ3n) is 4.72. The molecule has 2 atom stereocenters. The first-order valence-electron chi connectivity index (χ1n) is 7.90. The lowest BCUT2D eigenvalue weighted by atomic mass is 10.0. The molecule has 110 valence electrons. The van der Waals surface area contributed by atoms with Crippen molar-refractivity contribution in [1.82, 2.24) is 10.2 Å². The zero-order valence-corrected chi connectivity index (χ0v) is 12.6. The lowest BCUT2D eigenvalue weighted by Gasteiger charge is -2.40. The summed E-state index contributed by atoms with van der Waals surface area (Å²) in [6, 6.07) is 9.89. The highest BCUT2D eigenvalue weighted by atomic mass is 16.5. The number of piperazine rings is 1. The van der Waals surface area contributed by atoms with Crippen molar-refractivity contribution in [2.45, 2.75) is 44.8 Å². The Morgan fingerprint density at radius 3 is 2.90 bits per heavy atom. The zero-order chi connectivity index (χ0) is 13.9. The number of rotatable bonds is 5. The Morgan fingerprint density at radius 1 is 1.35 bits per heavy atom. The minimum atomic E-state index is 0.649. The van der Waals surface area contributed by atoms with E-state index in [0.29, 0.717) is 6.04 Å². The number of hydrogen-bond acceptors (Lipinski definition) is 3. The van der Waals surface area contributed by atoms with Gasteiger partial charge < -0.3 is 10.1 Å². The SMILES string of the molecule is CCC1CN(Cc2cccc(OC)c2)C(C2CC2)CN1. The standard InChI is InChI=1S/C17H26N2O/c1-3-15-12-19(17(10-18-15)14-7-8-14)11-13-5-4-6-16(9-13)20-2/h4-6,9,14-15,17-18H,3,7-8,10-12H2,1-2H3. The Morgan fingerprint density at radius 2 is 2.20 bits per heavy atom. The van der Waals surface area contributed by atoms with Crippen LogP contribution in [-0.2, 0) is 6.54 Å². The van der Waals surface area contributed by atoms with Gasteiger partial charge in [-0.15, -0.1) is 0 Å². The molecule has 1 saturated carbocycles. The molecule has 1 heterocycles. The molecule has 1 N–H and O–H groups in total. The molecule has 1 aliphatic heterocycles. The maximum atomic E-state index is 5.34. The zero-order valence-electron chi connectivity index (χ0n) is 12.6. The summed E-state index contributed by atoms with van der Waals surface area (Å²) in [6.45, 7) is 5.66. The first-order chi connectivity index (χ1) is 9.80. The Balaban J connectivity index is 1.70. The van der Waals surface area contributed by atoms with Crippen LogP contribution in [0.4, 0.5) is 0 Å². The molecule has 3 rings (SSSR count). The van der Waals surface area contributed by atoms with Gasteiger partial charge in [0.15, 0.2) is 0 Å². The second-order valence-electron chi connectivity index (χ2n) is 6.20. The van der Waals surface area contributed by atoms with Gasteiger partial charge in [-0.3, -0.25) is 4.90 Å². The summed E-state index contributed by atoms with van der Waals surface area (Å²) in [6.07, 6.45) is 4.04. The summed E-state index contributed by atoms with van der Waals surface area (Å²) in [7, 11) is 1.74. The third kappa shape index (κ3) is 3.15. The fraction of sp³-hybridized carbons (Fsp3) is 0.647. The van der Waals surface area contributed by atoms with Crippen LogP contribution in [0, 0.1) is 5.92 Å². The van der Waals surface area contributed by atoms with E-state index in [-0.39, 0.29) is 0 Å². The van der Waals surface area contributed by atoms with Gasteiger partial charge in [0.1, 0.15) is 5.75 Å². The molecule has 0 amide bonds. The highest BCUT2D eigenvalue weighted by Gasteiger charge is 2.38. The van der Waals surface area contributed by atoms with Crippen molar-refractivity contribution in [2.75, 3.05) is 20.2 Å². The second kappa shape index (κ2) is 6.15. The maximum absolute atomic E-state index is 5.34. The van der Waals surface area contributed by atoms with E-state index in [1.807, 2.05) is 6.07 Å². The first-order valence-corrected chi connectivity index (χ1v) is 7.90. The molecular formula is C17H26N2O. The molecule has 1 saturated heterocycles. The lowest BCUT2D eigenvalue weighted by molar-refractivity contribution is 0.106. The van der Waals surface area contributed by atoms with Crippen molar-refractivity contribution in [2.24, 2.45) is 5.92 Å². The third-order valence-corrected chi connectivity index (χ3v) is 4.72. The number of benzene rings is 1. The summed E-state index contributed by atoms with van der Waals surface area (Å²) in [5, 5.41) is 3.71. The monoisotopic (exact) mass is 274 g/mol. The molecule has 2 aliphatic rings. The predicted octanol–water partition coefficient (Wildman–Crippen LogP) is 2.66. The molecule has 0 spiro atoms. The van der Waals surface area contributed by atoms with Crippen molar-refractivity contribution in [3.8, 4) is 5.75 Å². The van der Waals surface area contributed by atoms with E-state index in [1.165, 1.54) is 31.4 Å². The Bertz CT molecular complexity index is 444. The summed E-state index contributed by atoms with van der Waals surface area (Å²) < 4.78 is 5.34. The van der Waals surface area contributed by atoms with Gasteiger partial charge in [-0.05, 0) is 42.9 Å². The number of ether oxygens (including phenoxy) is 1. The van der Waals surface area contributed by atoms with E-state index in [4.69, 9.17) is 4.74 Å². The molecule has 2 fully saturated rings. The predicted molar refractivity (Wildman–Crippen MR) is 82.0 cm³/mol. The largest absolute Gasteiger partial charge is 0.497 e. The second-order valence-corrected chi connectivity index (χ2v) is 6.20. The van der Waals surface area contributed by atoms with Crippen molar-refractivity contribution in [1.29, 1.82) is 0 Å². The van der Waals surface area contributed by atoms with E-state index >= 15 is 0 Å². The number of nitrogens with zero attached hydrogens (tertiary/aromatic N) is 1. The minimum absolute atomic E-state index is 0.649. The quantitative estimate of drug-likeness (QED) is 0.893. The smallest absolute Gasteiger partial charge is 0.119 e. The van der Waals surface area contributed by atoms with E-state index in [2.05, 4.69) is 35.3 Å². The van der Waals surface area contributed by atoms with Crippen LogP contribution in [0.15, 0.2) is 24.3 Å². The van der Waals surface area contributed by atoms with Crippen LogP contribution in [0.25, 0.3) is 0 Å². The summed E-state index contributed by atoms with van der Waals surface area (Å²) in [5.74, 6) is 1.89. The average Bonchev–Trinajstić information content (AvgIpc) is 3.32. The molecule has 20 heavy (non-hydrogen) atoms. The van der Waals surface area contributed by atoms with E-state index < -0.39 is 0 Å². The highest BCUT2D eigenvalue weighted by Crippen LogP contribution is 2.37. The van der Waals surface area contributed by atoms with Crippen LogP contribution in [0.3, 0.4) is 0 Å². The van der Waals surface area contributed by atoms with Gasteiger partial charge in [-0.2, -0.15) is 0 Å². The van der Waals surface area contributed by atoms with Crippen molar-refractivity contribution in [3.05, 3.63) is 29.8 Å². The van der Waals surface area contributed by atoms with Gasteiger partial charge in [-0.25, -0.2) is 0 Å². The fourth-order valence-electron chi connectivity index (χ4n) is 3.31. The van der Waals surface area contributed by atoms with Gasteiger partial charge in [0, 0.05) is 31.7 Å². The van der Waals surface area contributed by atoms with Crippen LogP contribution in [-0.4, -0.2) is 37.2 Å². The van der Waals surface area contributed by atoms with Crippen LogP contribution in [0.5, 0.6) is 5.75 Å². The lowest BCUT2D eigenvalue weighted by Crippen LogP contribution is -2.56. The molecule has 0 bridgehead atoms. The molecular weight excluding hydrogens is 248 g/mol. The molecule has 3 nitrogen and oxygen atoms in total. The molecule has 0 radical (unpaired) electrons. The number of nitrogens with one attached hydrogen (secondary N) is 1. The van der Waals surface area contributed by atoms with Crippen LogP contribution < -0.4 is 10.1 Å². The summed E-state index contributed by atoms with van der Waals surface area (Å²) in [5.41, 5.74) is 1.37. The number of methoxy groups -OCH3 is 1. The molecule has 1 aromatic rings. The molecule has 1 aliphatic carbocycles. The molecule has 1 aromatic carbocycles. The normalized spacial score (nSPS) is 27.5. The van der Waals surface area contributed by atoms with Crippen molar-refractivity contribution >= 4 is 0 Å². The summed E-state index contributed by atoms with van der Waals surface area (Å²) in [4.78, 5) is 2.69. The maximum Gasteiger partial charge on any atom is 0.119 e. The Hall–Kier alpha value is -1.06. The van der Waals surface area contributed by atoms with Gasteiger partial charge in [0.25, 0.3) is 0 Å². The molecule has 3 heteroatoms. The first kappa shape index (κ1) is 13.9. The summed E-state index contributed by atoms with van der Waals surface area (Å²) >= 11 is 0. The number of hydrogen-bond donors (Lipinski definition) is 1. The van der Waals surface area contributed by atoms with Gasteiger partial charge in [0.05, 0.1) is 7.11 Å². The highest BCUT2D eigenvalue weighted by molar-refractivity contribution is 5.28. The van der Waals surface area contributed by atoms with Crippen LogP contribution in [0.2, 0.25) is 0 Å². The van der Waals surface area contributed by atoms with Gasteiger partial charge >= 0.3 is 0 Å². The van der Waals surface area contributed by atoms with Crippen molar-refractivity contribution in [3.63, 3.8) is 0 Å². The fourth-order valence-corrected chi connectivity index (χ4v) is 3.31. The van der Waals surface area contributed by atoms with Crippen molar-refractivity contribution < 1.29 is 4.74 Å². The van der Waals surface area contributed by atoms with Crippen LogP contribution >= 0.6 is 0 Å².